The number of piperidine rings is 1. The lowest BCUT2D eigenvalue weighted by molar-refractivity contribution is 0.0696. The molecule has 2 atom stereocenters. The number of pyridine rings is 1. The molecule has 46 heavy (non-hydrogen) atoms. The Labute approximate surface area is 269 Å². The van der Waals surface area contributed by atoms with Gasteiger partial charge in [0.15, 0.2) is 0 Å². The second kappa shape index (κ2) is 13.4. The van der Waals surface area contributed by atoms with Crippen LogP contribution in [-0.2, 0) is 26.2 Å². The number of hydrogen-bond acceptors (Lipinski definition) is 7. The first-order valence-electron chi connectivity index (χ1n) is 14.9. The fourth-order valence-electron chi connectivity index (χ4n) is 5.80. The van der Waals surface area contributed by atoms with Gasteiger partial charge in [-0.05, 0) is 55.5 Å². The van der Waals surface area contributed by atoms with Crippen LogP contribution in [0.4, 0.5) is 8.78 Å². The van der Waals surface area contributed by atoms with Crippen molar-refractivity contribution in [3.05, 3.63) is 100 Å². The molecule has 1 aliphatic carbocycles. The molecule has 0 spiro atoms. The highest BCUT2D eigenvalue weighted by atomic mass is 35.5. The fourth-order valence-corrected chi connectivity index (χ4v) is 5.96. The zero-order valence-electron chi connectivity index (χ0n) is 25.4. The molecule has 240 valence electrons. The molecule has 0 amide bonds. The number of aryl methyl sites for hydroxylation is 1. The molecule has 2 unspecified atom stereocenters. The van der Waals surface area contributed by atoms with Gasteiger partial charge < -0.3 is 23.7 Å². The van der Waals surface area contributed by atoms with Gasteiger partial charge in [-0.15, -0.1) is 0 Å². The maximum absolute atomic E-state index is 13.4. The van der Waals surface area contributed by atoms with E-state index in [0.29, 0.717) is 28.4 Å². The molecule has 2 aromatic carbocycles. The minimum Gasteiger partial charge on any atom is -0.494 e. The number of aromatic nitrogens is 5. The first kappa shape index (κ1) is 31.4. The minimum atomic E-state index is -0.974. The molecule has 1 N–H and O–H groups in total. The smallest absolute Gasteiger partial charge is 0.335 e. The van der Waals surface area contributed by atoms with E-state index in [9.17, 15) is 18.7 Å². The quantitative estimate of drug-likeness (QED) is 0.195. The average Bonchev–Trinajstić information content (AvgIpc) is 3.33. The number of carboxylic acid groups (broad SMARTS) is 1. The van der Waals surface area contributed by atoms with Crippen molar-refractivity contribution in [2.75, 3.05) is 20.2 Å². The Morgan fingerprint density at radius 1 is 1.09 bits per heavy atom. The van der Waals surface area contributed by atoms with Crippen molar-refractivity contribution < 1.29 is 28.2 Å². The van der Waals surface area contributed by atoms with Crippen LogP contribution in [0, 0.1) is 23.5 Å². The Kier molecular flexibility index (Phi) is 9.18. The number of ether oxygens (including phenoxy) is 2. The molecule has 0 radical (unpaired) electrons. The van der Waals surface area contributed by atoms with Crippen LogP contribution in [0.5, 0.6) is 11.6 Å². The largest absolute Gasteiger partial charge is 0.494 e. The van der Waals surface area contributed by atoms with Gasteiger partial charge in [0.05, 0.1) is 49.5 Å². The van der Waals surface area contributed by atoms with Crippen LogP contribution in [0.2, 0.25) is 5.02 Å². The van der Waals surface area contributed by atoms with Crippen LogP contribution in [0.25, 0.3) is 11.0 Å². The number of rotatable bonds is 10. The summed E-state index contributed by atoms with van der Waals surface area (Å²) in [4.78, 5) is 27.0. The maximum atomic E-state index is 13.4. The van der Waals surface area contributed by atoms with Gasteiger partial charge >= 0.3 is 5.97 Å². The van der Waals surface area contributed by atoms with E-state index in [1.165, 1.54) is 30.7 Å². The van der Waals surface area contributed by atoms with E-state index in [1.807, 2.05) is 12.5 Å². The normalized spacial score (nSPS) is 17.0. The Balaban J connectivity index is 0.000000187. The number of methoxy groups -OCH3 is 1. The number of imidazole rings is 2. The molecule has 1 saturated carbocycles. The average molecular weight is 651 g/mol. The molecular weight excluding hydrogens is 618 g/mol. The first-order chi connectivity index (χ1) is 22.2. The van der Waals surface area contributed by atoms with Crippen molar-refractivity contribution in [2.24, 2.45) is 11.8 Å². The maximum Gasteiger partial charge on any atom is 0.335 e. The number of hydrogen-bond donors (Lipinski definition) is 1. The summed E-state index contributed by atoms with van der Waals surface area (Å²) in [5.41, 5.74) is 3.12. The molecular formula is C33H33ClF2N6O4. The van der Waals surface area contributed by atoms with E-state index in [-0.39, 0.29) is 18.1 Å². The number of aromatic carboxylic acids is 1. The second-order valence-electron chi connectivity index (χ2n) is 11.4. The van der Waals surface area contributed by atoms with Gasteiger partial charge in [0, 0.05) is 42.5 Å². The lowest BCUT2D eigenvalue weighted by Crippen LogP contribution is -2.24. The van der Waals surface area contributed by atoms with Gasteiger partial charge in [0.25, 0.3) is 0 Å². The highest BCUT2D eigenvalue weighted by Gasteiger charge is 2.45. The predicted octanol–water partition coefficient (Wildman–Crippen LogP) is 6.05. The van der Waals surface area contributed by atoms with Crippen LogP contribution in [0.1, 0.15) is 40.8 Å². The molecule has 4 heterocycles. The van der Waals surface area contributed by atoms with Crippen molar-refractivity contribution in [3.63, 3.8) is 0 Å². The van der Waals surface area contributed by atoms with Crippen molar-refractivity contribution in [1.29, 1.82) is 0 Å². The highest BCUT2D eigenvalue weighted by molar-refractivity contribution is 6.30. The third kappa shape index (κ3) is 6.97. The number of nitrogens with zero attached hydrogens (tertiary/aromatic N) is 6. The summed E-state index contributed by atoms with van der Waals surface area (Å²) in [6, 6.07) is 10.2. The first-order valence-corrected chi connectivity index (χ1v) is 15.3. The van der Waals surface area contributed by atoms with Gasteiger partial charge in [-0.3, -0.25) is 4.90 Å². The molecule has 3 aromatic heterocycles. The molecule has 1 aliphatic heterocycles. The summed E-state index contributed by atoms with van der Waals surface area (Å²) >= 11 is 5.62. The number of likely N-dealkylation sites (tertiary alicyclic amines) is 1. The Morgan fingerprint density at radius 2 is 1.89 bits per heavy atom. The minimum absolute atomic E-state index is 0.0155. The second-order valence-corrected chi connectivity index (χ2v) is 11.9. The lowest BCUT2D eigenvalue weighted by Gasteiger charge is -2.18. The topological polar surface area (TPSA) is 108 Å². The Morgan fingerprint density at radius 3 is 2.57 bits per heavy atom. The number of fused-ring (bicyclic) bond motifs is 2. The summed E-state index contributed by atoms with van der Waals surface area (Å²) in [5.74, 6) is 1.50. The van der Waals surface area contributed by atoms with Gasteiger partial charge in [0.1, 0.15) is 35.3 Å². The molecule has 0 bridgehead atoms. The summed E-state index contributed by atoms with van der Waals surface area (Å²) in [6.45, 7) is 6.52. The van der Waals surface area contributed by atoms with Crippen LogP contribution in [-0.4, -0.2) is 60.3 Å². The summed E-state index contributed by atoms with van der Waals surface area (Å²) in [6.07, 6.45) is 6.08. The van der Waals surface area contributed by atoms with E-state index < -0.39 is 17.6 Å². The predicted molar refractivity (Wildman–Crippen MR) is 167 cm³/mol. The SMILES string of the molecule is CCn1cncc1Cn1c(CN2CC3CC3C2)nc2c(OC)cc(C(=O)O)cc21.Fc1ccc(OCc2ccc(Cl)cc2F)nc1. The Hall–Kier alpha value is -4.55. The molecule has 13 heteroatoms. The zero-order valence-corrected chi connectivity index (χ0v) is 26.1. The third-order valence-electron chi connectivity index (χ3n) is 8.33. The molecule has 7 rings (SSSR count). The summed E-state index contributed by atoms with van der Waals surface area (Å²) in [7, 11) is 1.55. The van der Waals surface area contributed by atoms with E-state index >= 15 is 0 Å². The lowest BCUT2D eigenvalue weighted by atomic mass is 10.2. The van der Waals surface area contributed by atoms with E-state index in [2.05, 4.69) is 30.9 Å². The number of halogens is 3. The molecule has 5 aromatic rings. The number of carbonyl (C=O) groups is 1. The number of carboxylic acids is 1. The zero-order chi connectivity index (χ0) is 32.4. The molecule has 2 fully saturated rings. The standard InChI is InChI=1S/C21H25N5O3.C12H8ClF2NO/c1-3-25-12-22-7-16(25)10-26-17-5-13(21(27)28)6-18(29-2)20(17)23-19(26)11-24-8-14-4-15(14)9-24;13-9-2-1-8(11(15)5-9)7-17-12-4-3-10(14)6-16-12/h5-7,12,14-15H,3-4,8-11H2,1-2H3,(H,27,28);1-6H,7H2. The van der Waals surface area contributed by atoms with Crippen LogP contribution < -0.4 is 9.47 Å². The summed E-state index contributed by atoms with van der Waals surface area (Å²) in [5, 5.41) is 9.88. The van der Waals surface area contributed by atoms with Crippen molar-refractivity contribution >= 4 is 28.6 Å². The third-order valence-corrected chi connectivity index (χ3v) is 8.57. The molecule has 1 saturated heterocycles. The van der Waals surface area contributed by atoms with Crippen LogP contribution >= 0.6 is 11.6 Å². The van der Waals surface area contributed by atoms with Gasteiger partial charge in [0.2, 0.25) is 5.88 Å². The molecule has 2 aliphatic rings. The van der Waals surface area contributed by atoms with E-state index in [4.69, 9.17) is 26.1 Å². The number of benzene rings is 2. The monoisotopic (exact) mass is 650 g/mol. The van der Waals surface area contributed by atoms with Gasteiger partial charge in [-0.1, -0.05) is 17.7 Å². The van der Waals surface area contributed by atoms with Gasteiger partial charge in [-0.2, -0.15) is 0 Å². The van der Waals surface area contributed by atoms with Crippen molar-refractivity contribution in [2.45, 2.75) is 39.6 Å². The van der Waals surface area contributed by atoms with Gasteiger partial charge in [-0.25, -0.2) is 28.5 Å². The van der Waals surface area contributed by atoms with E-state index in [0.717, 1.165) is 61.2 Å². The van der Waals surface area contributed by atoms with Crippen LogP contribution in [0.3, 0.4) is 0 Å². The van der Waals surface area contributed by atoms with Crippen molar-refractivity contribution in [3.8, 4) is 11.6 Å². The highest BCUT2D eigenvalue weighted by Crippen LogP contribution is 2.45. The molecule has 10 nitrogen and oxygen atoms in total. The van der Waals surface area contributed by atoms with Crippen LogP contribution in [0.15, 0.2) is 61.2 Å². The van der Waals surface area contributed by atoms with E-state index in [1.54, 1.807) is 25.3 Å². The van der Waals surface area contributed by atoms with Crippen molar-refractivity contribution in [1.82, 2.24) is 29.0 Å². The fraction of sp³-hybridized carbons (Fsp3) is 0.333. The summed E-state index contributed by atoms with van der Waals surface area (Å²) < 4.78 is 40.9. The Bertz CT molecular complexity index is 1850.